The highest BCUT2D eigenvalue weighted by atomic mass is 14.8. The van der Waals surface area contributed by atoms with E-state index in [2.05, 4.69) is 22.8 Å². The van der Waals surface area contributed by atoms with Gasteiger partial charge in [0.05, 0.1) is 0 Å². The van der Waals surface area contributed by atoms with Gasteiger partial charge >= 0.3 is 0 Å². The van der Waals surface area contributed by atoms with E-state index in [0.29, 0.717) is 0 Å². The molecular weight excluding hydrogens is 296 g/mol. The molecule has 6 N–H and O–H groups in total. The van der Waals surface area contributed by atoms with Gasteiger partial charge in [-0.25, -0.2) is 0 Å². The second kappa shape index (κ2) is 6.54. The van der Waals surface area contributed by atoms with Crippen LogP contribution in [0.25, 0.3) is 22.3 Å². The first-order chi connectivity index (χ1) is 11.6. The molecule has 0 bridgehead atoms. The van der Waals surface area contributed by atoms with Crippen LogP contribution in [0.5, 0.6) is 0 Å². The number of benzene rings is 3. The molecule has 0 aliphatic carbocycles. The summed E-state index contributed by atoms with van der Waals surface area (Å²) in [6.07, 6.45) is 0. The summed E-state index contributed by atoms with van der Waals surface area (Å²) in [6, 6.07) is 20.0. The smallest absolute Gasteiger partial charge is 0.0425 e. The van der Waals surface area contributed by atoms with Gasteiger partial charge in [0.1, 0.15) is 0 Å². The number of rotatable bonds is 4. The predicted octanol–water partition coefficient (Wildman–Crippen LogP) is 4.27. The second-order valence-electron chi connectivity index (χ2n) is 5.65. The molecule has 0 amide bonds. The summed E-state index contributed by atoms with van der Waals surface area (Å²) in [7, 11) is 3.86. The Morgan fingerprint density at radius 1 is 0.542 bits per heavy atom. The minimum Gasteiger partial charge on any atom is -0.399 e. The van der Waals surface area contributed by atoms with Crippen LogP contribution in [0, 0.1) is 0 Å². The summed E-state index contributed by atoms with van der Waals surface area (Å²) in [5.74, 6) is 0. The van der Waals surface area contributed by atoms with Gasteiger partial charge in [-0.05, 0) is 47.5 Å². The molecule has 0 atom stereocenters. The number of nitrogens with one attached hydrogen (secondary N) is 2. The van der Waals surface area contributed by atoms with Gasteiger partial charge in [0.25, 0.3) is 0 Å². The maximum Gasteiger partial charge on any atom is 0.0425 e. The molecule has 3 aromatic carbocycles. The SMILES string of the molecule is CNc1ccc(NC)c(-c2ccc(N)cc2)c1-c1ccc(N)cc1. The standard InChI is InChI=1S/C20H22N4/c1-23-17-11-12-18(24-2)20(14-5-9-16(22)10-6-14)19(17)13-3-7-15(21)8-4-13/h3-12,23-24H,21-22H2,1-2H3. The summed E-state index contributed by atoms with van der Waals surface area (Å²) in [4.78, 5) is 0. The lowest BCUT2D eigenvalue weighted by molar-refractivity contribution is 1.46. The van der Waals surface area contributed by atoms with Crippen molar-refractivity contribution in [3.8, 4) is 22.3 Å². The van der Waals surface area contributed by atoms with Crippen molar-refractivity contribution < 1.29 is 0 Å². The quantitative estimate of drug-likeness (QED) is 0.542. The summed E-state index contributed by atoms with van der Waals surface area (Å²) < 4.78 is 0. The van der Waals surface area contributed by atoms with Gasteiger partial charge in [-0.3, -0.25) is 0 Å². The van der Waals surface area contributed by atoms with Crippen molar-refractivity contribution in [3.05, 3.63) is 60.7 Å². The van der Waals surface area contributed by atoms with E-state index < -0.39 is 0 Å². The Hall–Kier alpha value is -3.14. The lowest BCUT2D eigenvalue weighted by Crippen LogP contribution is -2.00. The van der Waals surface area contributed by atoms with Crippen molar-refractivity contribution in [1.82, 2.24) is 0 Å². The highest BCUT2D eigenvalue weighted by Gasteiger charge is 2.16. The normalized spacial score (nSPS) is 10.4. The van der Waals surface area contributed by atoms with Gasteiger partial charge in [-0.1, -0.05) is 24.3 Å². The van der Waals surface area contributed by atoms with Crippen LogP contribution in [-0.2, 0) is 0 Å². The predicted molar refractivity (Wildman–Crippen MR) is 105 cm³/mol. The Bertz CT molecular complexity index is 764. The molecule has 3 rings (SSSR count). The fraction of sp³-hybridized carbons (Fsp3) is 0.100. The summed E-state index contributed by atoms with van der Waals surface area (Å²) >= 11 is 0. The van der Waals surface area contributed by atoms with Crippen LogP contribution < -0.4 is 22.1 Å². The number of hydrogen-bond donors (Lipinski definition) is 4. The van der Waals surface area contributed by atoms with Crippen LogP contribution in [-0.4, -0.2) is 14.1 Å². The molecule has 0 aromatic heterocycles. The van der Waals surface area contributed by atoms with Gasteiger partial charge in [0, 0.05) is 48.0 Å². The van der Waals surface area contributed by atoms with Crippen molar-refractivity contribution in [3.63, 3.8) is 0 Å². The molecule has 0 heterocycles. The van der Waals surface area contributed by atoms with Gasteiger partial charge in [-0.2, -0.15) is 0 Å². The number of hydrogen-bond acceptors (Lipinski definition) is 4. The third-order valence-corrected chi connectivity index (χ3v) is 4.14. The van der Waals surface area contributed by atoms with Gasteiger partial charge in [-0.15, -0.1) is 0 Å². The zero-order chi connectivity index (χ0) is 17.1. The molecule has 4 heteroatoms. The lowest BCUT2D eigenvalue weighted by Gasteiger charge is -2.19. The molecule has 0 saturated carbocycles. The van der Waals surface area contributed by atoms with Crippen LogP contribution in [0.2, 0.25) is 0 Å². The first-order valence-corrected chi connectivity index (χ1v) is 7.88. The van der Waals surface area contributed by atoms with E-state index in [9.17, 15) is 0 Å². The molecule has 122 valence electrons. The van der Waals surface area contributed by atoms with E-state index in [1.165, 1.54) is 0 Å². The monoisotopic (exact) mass is 318 g/mol. The van der Waals surface area contributed by atoms with Crippen molar-refractivity contribution in [2.75, 3.05) is 36.2 Å². The Labute approximate surface area is 142 Å². The lowest BCUT2D eigenvalue weighted by atomic mass is 9.91. The summed E-state index contributed by atoms with van der Waals surface area (Å²) in [5, 5.41) is 6.60. The minimum atomic E-state index is 0.753. The largest absolute Gasteiger partial charge is 0.399 e. The van der Waals surface area contributed by atoms with E-state index in [4.69, 9.17) is 11.5 Å². The Kier molecular flexibility index (Phi) is 4.29. The second-order valence-corrected chi connectivity index (χ2v) is 5.65. The molecule has 24 heavy (non-hydrogen) atoms. The van der Waals surface area contributed by atoms with E-state index >= 15 is 0 Å². The van der Waals surface area contributed by atoms with Crippen LogP contribution in [0.4, 0.5) is 22.7 Å². The van der Waals surface area contributed by atoms with Crippen LogP contribution >= 0.6 is 0 Å². The molecule has 0 fully saturated rings. The van der Waals surface area contributed by atoms with E-state index in [0.717, 1.165) is 45.0 Å². The Morgan fingerprint density at radius 2 is 0.875 bits per heavy atom. The molecule has 0 spiro atoms. The van der Waals surface area contributed by atoms with Gasteiger partial charge in [0.2, 0.25) is 0 Å². The number of anilines is 4. The van der Waals surface area contributed by atoms with E-state index in [-0.39, 0.29) is 0 Å². The van der Waals surface area contributed by atoms with E-state index in [1.807, 2.05) is 62.6 Å². The molecule has 0 radical (unpaired) electrons. The Morgan fingerprint density at radius 3 is 1.17 bits per heavy atom. The fourth-order valence-corrected chi connectivity index (χ4v) is 2.92. The fourth-order valence-electron chi connectivity index (χ4n) is 2.92. The van der Waals surface area contributed by atoms with Crippen LogP contribution in [0.1, 0.15) is 0 Å². The van der Waals surface area contributed by atoms with Crippen molar-refractivity contribution >= 4 is 22.7 Å². The zero-order valence-corrected chi connectivity index (χ0v) is 13.9. The molecule has 0 aliphatic rings. The third-order valence-electron chi connectivity index (χ3n) is 4.14. The molecule has 0 unspecified atom stereocenters. The zero-order valence-electron chi connectivity index (χ0n) is 13.9. The summed E-state index contributed by atoms with van der Waals surface area (Å²) in [6.45, 7) is 0. The third kappa shape index (κ3) is 2.86. The van der Waals surface area contributed by atoms with Gasteiger partial charge in [0.15, 0.2) is 0 Å². The maximum atomic E-state index is 5.86. The van der Waals surface area contributed by atoms with Crippen LogP contribution in [0.3, 0.4) is 0 Å². The minimum absolute atomic E-state index is 0.753. The molecule has 3 aromatic rings. The van der Waals surface area contributed by atoms with Crippen LogP contribution in [0.15, 0.2) is 60.7 Å². The molecule has 0 saturated heterocycles. The first-order valence-electron chi connectivity index (χ1n) is 7.88. The molecule has 4 nitrogen and oxygen atoms in total. The van der Waals surface area contributed by atoms with Crippen molar-refractivity contribution in [2.24, 2.45) is 0 Å². The Balaban J connectivity index is 2.32. The summed E-state index contributed by atoms with van der Waals surface area (Å²) in [5.41, 5.74) is 19.8. The topological polar surface area (TPSA) is 76.1 Å². The number of nitrogens with two attached hydrogens (primary N) is 2. The maximum absolute atomic E-state index is 5.86. The average molecular weight is 318 g/mol. The molecular formula is C20H22N4. The van der Waals surface area contributed by atoms with Crippen molar-refractivity contribution in [1.29, 1.82) is 0 Å². The molecule has 0 aliphatic heterocycles. The van der Waals surface area contributed by atoms with Gasteiger partial charge < -0.3 is 22.1 Å². The average Bonchev–Trinajstić information content (AvgIpc) is 2.62. The number of nitrogen functional groups attached to an aromatic ring is 2. The highest BCUT2D eigenvalue weighted by Crippen LogP contribution is 2.42. The van der Waals surface area contributed by atoms with E-state index in [1.54, 1.807) is 0 Å². The first kappa shape index (κ1) is 15.7. The highest BCUT2D eigenvalue weighted by molar-refractivity contribution is 5.98. The van der Waals surface area contributed by atoms with Crippen molar-refractivity contribution in [2.45, 2.75) is 0 Å².